The van der Waals surface area contributed by atoms with Gasteiger partial charge in [0, 0.05) is 25.2 Å². The molecular formula is C19H28N2O. The highest BCUT2D eigenvalue weighted by molar-refractivity contribution is 5.88. The van der Waals surface area contributed by atoms with Crippen molar-refractivity contribution in [1.82, 2.24) is 10.2 Å². The number of nitrogens with zero attached hydrogens (tertiary/aromatic N) is 1. The number of piperazine rings is 1. The van der Waals surface area contributed by atoms with Crippen LogP contribution in [0.25, 0.3) is 0 Å². The maximum atomic E-state index is 13.5. The van der Waals surface area contributed by atoms with E-state index >= 15 is 0 Å². The van der Waals surface area contributed by atoms with E-state index in [1.165, 1.54) is 12.0 Å². The maximum Gasteiger partial charge on any atom is 0.233 e. The van der Waals surface area contributed by atoms with E-state index < -0.39 is 0 Å². The Labute approximate surface area is 134 Å². The Morgan fingerprint density at radius 1 is 1.09 bits per heavy atom. The number of amides is 1. The minimum atomic E-state index is -0.285. The minimum Gasteiger partial charge on any atom is -0.339 e. The van der Waals surface area contributed by atoms with Gasteiger partial charge in [-0.05, 0) is 32.3 Å². The van der Waals surface area contributed by atoms with Crippen molar-refractivity contribution in [2.75, 3.05) is 19.6 Å². The molecule has 1 aromatic rings. The number of rotatable bonds is 2. The Kier molecular flexibility index (Phi) is 4.26. The quantitative estimate of drug-likeness (QED) is 0.910. The molecule has 1 heterocycles. The van der Waals surface area contributed by atoms with Gasteiger partial charge in [0.1, 0.15) is 0 Å². The molecule has 2 fully saturated rings. The fraction of sp³-hybridized carbons (Fsp3) is 0.632. The van der Waals surface area contributed by atoms with Gasteiger partial charge in [0.2, 0.25) is 5.91 Å². The van der Waals surface area contributed by atoms with Gasteiger partial charge in [-0.25, -0.2) is 0 Å². The first-order valence-electron chi connectivity index (χ1n) is 8.64. The molecule has 0 unspecified atom stereocenters. The second kappa shape index (κ2) is 6.04. The van der Waals surface area contributed by atoms with Crippen LogP contribution in [-0.2, 0) is 10.2 Å². The zero-order valence-corrected chi connectivity index (χ0v) is 13.9. The smallest absolute Gasteiger partial charge is 0.233 e. The number of benzene rings is 1. The zero-order chi connectivity index (χ0) is 15.6. The molecule has 1 aromatic carbocycles. The van der Waals surface area contributed by atoms with Crippen molar-refractivity contribution in [2.45, 2.75) is 56.9 Å². The van der Waals surface area contributed by atoms with Gasteiger partial charge >= 0.3 is 0 Å². The van der Waals surface area contributed by atoms with Crippen LogP contribution < -0.4 is 5.32 Å². The first-order chi connectivity index (χ1) is 10.5. The van der Waals surface area contributed by atoms with Gasteiger partial charge in [-0.2, -0.15) is 0 Å². The number of nitrogens with one attached hydrogen (secondary N) is 1. The molecule has 1 amide bonds. The SMILES string of the molecule is CC1(C)CN(C(=O)C2(c3ccccc3)CCCCC2)CCN1. The first-order valence-corrected chi connectivity index (χ1v) is 8.64. The third-order valence-electron chi connectivity index (χ3n) is 5.30. The molecule has 3 nitrogen and oxygen atoms in total. The van der Waals surface area contributed by atoms with Crippen molar-refractivity contribution < 1.29 is 4.79 Å². The van der Waals surface area contributed by atoms with Gasteiger partial charge in [-0.1, -0.05) is 49.6 Å². The molecular weight excluding hydrogens is 272 g/mol. The van der Waals surface area contributed by atoms with Crippen molar-refractivity contribution in [2.24, 2.45) is 0 Å². The lowest BCUT2D eigenvalue weighted by atomic mass is 9.68. The zero-order valence-electron chi connectivity index (χ0n) is 13.9. The standard InChI is InChI=1S/C19H28N2O/c1-18(2)15-21(14-13-20-18)17(22)19(11-7-4-8-12-19)16-9-5-3-6-10-16/h3,5-6,9-10,20H,4,7-8,11-15H2,1-2H3. The van der Waals surface area contributed by atoms with Gasteiger partial charge in [0.25, 0.3) is 0 Å². The molecule has 1 N–H and O–H groups in total. The van der Waals surface area contributed by atoms with Gasteiger partial charge in [-0.15, -0.1) is 0 Å². The second-order valence-electron chi connectivity index (χ2n) is 7.55. The molecule has 0 bridgehead atoms. The second-order valence-corrected chi connectivity index (χ2v) is 7.55. The number of hydrogen-bond acceptors (Lipinski definition) is 2. The van der Waals surface area contributed by atoms with Crippen LogP contribution in [-0.4, -0.2) is 36.0 Å². The summed E-state index contributed by atoms with van der Waals surface area (Å²) in [4.78, 5) is 15.6. The molecule has 3 heteroatoms. The molecule has 0 atom stereocenters. The van der Waals surface area contributed by atoms with E-state index in [0.29, 0.717) is 5.91 Å². The summed E-state index contributed by atoms with van der Waals surface area (Å²) in [5.74, 6) is 0.355. The molecule has 22 heavy (non-hydrogen) atoms. The van der Waals surface area contributed by atoms with Crippen molar-refractivity contribution in [3.8, 4) is 0 Å². The fourth-order valence-electron chi connectivity index (χ4n) is 4.16. The Hall–Kier alpha value is -1.35. The maximum absolute atomic E-state index is 13.5. The molecule has 1 aliphatic carbocycles. The first kappa shape index (κ1) is 15.5. The van der Waals surface area contributed by atoms with E-state index in [1.807, 2.05) is 6.07 Å². The molecule has 3 rings (SSSR count). The van der Waals surface area contributed by atoms with Gasteiger partial charge in [0.15, 0.2) is 0 Å². The van der Waals surface area contributed by atoms with Crippen molar-refractivity contribution in [3.05, 3.63) is 35.9 Å². The summed E-state index contributed by atoms with van der Waals surface area (Å²) in [5, 5.41) is 3.50. The molecule has 1 aliphatic heterocycles. The highest BCUT2D eigenvalue weighted by Gasteiger charge is 2.44. The molecule has 0 spiro atoms. The van der Waals surface area contributed by atoms with Crippen LogP contribution in [0.4, 0.5) is 0 Å². The van der Waals surface area contributed by atoms with E-state index in [0.717, 1.165) is 45.3 Å². The van der Waals surface area contributed by atoms with Crippen LogP contribution in [0.1, 0.15) is 51.5 Å². The molecule has 0 radical (unpaired) electrons. The summed E-state index contributed by atoms with van der Waals surface area (Å²) < 4.78 is 0. The Morgan fingerprint density at radius 3 is 2.41 bits per heavy atom. The number of carbonyl (C=O) groups is 1. The number of hydrogen-bond donors (Lipinski definition) is 1. The monoisotopic (exact) mass is 300 g/mol. The molecule has 2 aliphatic rings. The highest BCUT2D eigenvalue weighted by atomic mass is 16.2. The van der Waals surface area contributed by atoms with Crippen molar-refractivity contribution in [1.29, 1.82) is 0 Å². The summed E-state index contributed by atoms with van der Waals surface area (Å²) in [6, 6.07) is 10.5. The number of carbonyl (C=O) groups excluding carboxylic acids is 1. The third kappa shape index (κ3) is 2.91. The van der Waals surface area contributed by atoms with Crippen LogP contribution in [0.15, 0.2) is 30.3 Å². The molecule has 1 saturated heterocycles. The lowest BCUT2D eigenvalue weighted by Crippen LogP contribution is -2.61. The Bertz CT molecular complexity index is 517. The normalized spacial score (nSPS) is 24.0. The van der Waals surface area contributed by atoms with Gasteiger partial charge < -0.3 is 10.2 Å². The van der Waals surface area contributed by atoms with Crippen LogP contribution in [0.2, 0.25) is 0 Å². The average Bonchev–Trinajstić information content (AvgIpc) is 2.55. The fourth-order valence-corrected chi connectivity index (χ4v) is 4.16. The molecule has 120 valence electrons. The lowest BCUT2D eigenvalue weighted by molar-refractivity contribution is -0.141. The average molecular weight is 300 g/mol. The van der Waals surface area contributed by atoms with Crippen molar-refractivity contribution in [3.63, 3.8) is 0 Å². The van der Waals surface area contributed by atoms with Gasteiger partial charge in [-0.3, -0.25) is 4.79 Å². The highest BCUT2D eigenvalue weighted by Crippen LogP contribution is 2.41. The third-order valence-corrected chi connectivity index (χ3v) is 5.30. The summed E-state index contributed by atoms with van der Waals surface area (Å²) >= 11 is 0. The molecule has 1 saturated carbocycles. The van der Waals surface area contributed by atoms with E-state index in [2.05, 4.69) is 48.3 Å². The predicted octanol–water partition coefficient (Wildman–Crippen LogP) is 3.10. The van der Waals surface area contributed by atoms with E-state index in [1.54, 1.807) is 0 Å². The molecule has 0 aromatic heterocycles. The van der Waals surface area contributed by atoms with Crippen LogP contribution >= 0.6 is 0 Å². The summed E-state index contributed by atoms with van der Waals surface area (Å²) in [6.07, 6.45) is 5.58. The minimum absolute atomic E-state index is 0.0143. The topological polar surface area (TPSA) is 32.3 Å². The van der Waals surface area contributed by atoms with Gasteiger partial charge in [0.05, 0.1) is 5.41 Å². The van der Waals surface area contributed by atoms with E-state index in [4.69, 9.17) is 0 Å². The predicted molar refractivity (Wildman–Crippen MR) is 89.9 cm³/mol. The van der Waals surface area contributed by atoms with E-state index in [9.17, 15) is 4.79 Å². The van der Waals surface area contributed by atoms with Crippen LogP contribution in [0.5, 0.6) is 0 Å². The lowest BCUT2D eigenvalue weighted by Gasteiger charge is -2.45. The summed E-state index contributed by atoms with van der Waals surface area (Å²) in [6.45, 7) is 6.89. The van der Waals surface area contributed by atoms with E-state index in [-0.39, 0.29) is 11.0 Å². The van der Waals surface area contributed by atoms with Crippen LogP contribution in [0.3, 0.4) is 0 Å². The largest absolute Gasteiger partial charge is 0.339 e. The van der Waals surface area contributed by atoms with Crippen LogP contribution in [0, 0.1) is 0 Å². The van der Waals surface area contributed by atoms with Crippen molar-refractivity contribution >= 4 is 5.91 Å². The summed E-state index contributed by atoms with van der Waals surface area (Å²) in [7, 11) is 0. The Balaban J connectivity index is 1.91. The Morgan fingerprint density at radius 2 is 1.77 bits per heavy atom. The summed E-state index contributed by atoms with van der Waals surface area (Å²) in [5.41, 5.74) is 0.948.